The Morgan fingerprint density at radius 3 is 2.41 bits per heavy atom. The Labute approximate surface area is 183 Å². The van der Waals surface area contributed by atoms with Gasteiger partial charge in [-0.05, 0) is 43.7 Å². The van der Waals surface area contributed by atoms with Crippen molar-refractivity contribution in [3.63, 3.8) is 0 Å². The average Bonchev–Trinajstić information content (AvgIpc) is 2.73. The van der Waals surface area contributed by atoms with Crippen LogP contribution in [0.4, 0.5) is 36.3 Å². The van der Waals surface area contributed by atoms with Crippen molar-refractivity contribution < 1.29 is 23.0 Å². The molecule has 0 aliphatic heterocycles. The molecule has 0 bridgehead atoms. The summed E-state index contributed by atoms with van der Waals surface area (Å²) in [5.41, 5.74) is 1.35. The van der Waals surface area contributed by atoms with Crippen molar-refractivity contribution >= 4 is 23.1 Å². The van der Waals surface area contributed by atoms with Gasteiger partial charge in [-0.3, -0.25) is 0 Å². The van der Waals surface area contributed by atoms with Gasteiger partial charge in [-0.2, -0.15) is 18.2 Å². The fourth-order valence-electron chi connectivity index (χ4n) is 2.92. The van der Waals surface area contributed by atoms with Gasteiger partial charge in [0.1, 0.15) is 17.1 Å². The van der Waals surface area contributed by atoms with Crippen LogP contribution in [0.5, 0.6) is 5.75 Å². The predicted octanol–water partition coefficient (Wildman–Crippen LogP) is 5.99. The molecule has 0 amide bonds. The van der Waals surface area contributed by atoms with Crippen molar-refractivity contribution in [2.75, 3.05) is 17.7 Å². The molecule has 0 saturated carbocycles. The molecule has 9 heteroatoms. The smallest absolute Gasteiger partial charge is 0.421 e. The fraction of sp³-hybridized carbons (Fsp3) is 0.217. The number of aromatic nitrogens is 2. The highest BCUT2D eigenvalue weighted by molar-refractivity contribution is 5.64. The Hall–Kier alpha value is -3.59. The van der Waals surface area contributed by atoms with Crippen LogP contribution in [-0.2, 0) is 6.18 Å². The van der Waals surface area contributed by atoms with Gasteiger partial charge in [0.2, 0.25) is 5.95 Å². The number of allylic oxidation sites excluding steroid dienone is 1. The van der Waals surface area contributed by atoms with Crippen LogP contribution in [0.3, 0.4) is 0 Å². The number of ether oxygens (including phenoxy) is 1. The Morgan fingerprint density at radius 2 is 1.75 bits per heavy atom. The number of hydrogen-bond donors (Lipinski definition) is 3. The summed E-state index contributed by atoms with van der Waals surface area (Å²) in [6.07, 6.45) is -3.16. The van der Waals surface area contributed by atoms with Crippen LogP contribution in [0.2, 0.25) is 0 Å². The third-order valence-electron chi connectivity index (χ3n) is 4.40. The minimum absolute atomic E-state index is 0.0190. The van der Waals surface area contributed by atoms with E-state index in [4.69, 9.17) is 4.74 Å². The molecular formula is C23H23F3N4O2. The van der Waals surface area contributed by atoms with E-state index >= 15 is 0 Å². The van der Waals surface area contributed by atoms with Crippen molar-refractivity contribution in [3.8, 4) is 5.75 Å². The molecule has 168 valence electrons. The van der Waals surface area contributed by atoms with E-state index in [1.54, 1.807) is 54.6 Å². The first kappa shape index (κ1) is 23.1. The lowest BCUT2D eigenvalue weighted by Gasteiger charge is -2.16. The molecular weight excluding hydrogens is 421 g/mol. The SMILES string of the molecule is COc1cccc(Nc2ncc(C(F)(F)F)c(Nc3cccc(C(O)C=C(C)C)c3)n2)c1. The third kappa shape index (κ3) is 5.98. The van der Waals surface area contributed by atoms with Crippen molar-refractivity contribution in [2.45, 2.75) is 26.1 Å². The van der Waals surface area contributed by atoms with Crippen LogP contribution in [0.15, 0.2) is 66.4 Å². The molecule has 1 atom stereocenters. The molecule has 3 aromatic rings. The maximum atomic E-state index is 13.6. The maximum Gasteiger partial charge on any atom is 0.421 e. The lowest BCUT2D eigenvalue weighted by molar-refractivity contribution is -0.137. The molecule has 1 heterocycles. The molecule has 3 N–H and O–H groups in total. The van der Waals surface area contributed by atoms with Gasteiger partial charge in [0, 0.05) is 23.6 Å². The van der Waals surface area contributed by atoms with E-state index < -0.39 is 23.7 Å². The van der Waals surface area contributed by atoms with Crippen LogP contribution in [0.25, 0.3) is 0 Å². The largest absolute Gasteiger partial charge is 0.497 e. The highest BCUT2D eigenvalue weighted by Crippen LogP contribution is 2.35. The molecule has 32 heavy (non-hydrogen) atoms. The minimum Gasteiger partial charge on any atom is -0.497 e. The van der Waals surface area contributed by atoms with E-state index in [1.165, 1.54) is 7.11 Å². The summed E-state index contributed by atoms with van der Waals surface area (Å²) in [5.74, 6) is 0.147. The molecule has 6 nitrogen and oxygen atoms in total. The quantitative estimate of drug-likeness (QED) is 0.389. The molecule has 1 unspecified atom stereocenters. The van der Waals surface area contributed by atoms with E-state index in [0.29, 0.717) is 22.7 Å². The molecule has 0 spiro atoms. The fourth-order valence-corrected chi connectivity index (χ4v) is 2.92. The Balaban J connectivity index is 1.93. The summed E-state index contributed by atoms with van der Waals surface area (Å²) in [6.45, 7) is 3.69. The van der Waals surface area contributed by atoms with Crippen molar-refractivity contribution in [3.05, 3.63) is 77.5 Å². The van der Waals surface area contributed by atoms with E-state index in [0.717, 1.165) is 11.8 Å². The van der Waals surface area contributed by atoms with Gasteiger partial charge in [-0.1, -0.05) is 29.8 Å². The molecule has 0 fully saturated rings. The molecule has 3 rings (SSSR count). The number of methoxy groups -OCH3 is 1. The number of nitrogens with one attached hydrogen (secondary N) is 2. The Bertz CT molecular complexity index is 1110. The second kappa shape index (κ2) is 9.69. The lowest BCUT2D eigenvalue weighted by Crippen LogP contribution is -2.12. The standard InChI is InChI=1S/C23H23F3N4O2/c1-14(2)10-20(31)15-6-4-7-16(11-15)28-21-19(23(24,25)26)13-27-22(30-21)29-17-8-5-9-18(12-17)32-3/h4-13,20,31H,1-3H3,(H2,27,28,29,30). The predicted molar refractivity (Wildman–Crippen MR) is 117 cm³/mol. The summed E-state index contributed by atoms with van der Waals surface area (Å²) in [4.78, 5) is 7.85. The molecule has 0 aliphatic rings. The van der Waals surface area contributed by atoms with E-state index in [9.17, 15) is 18.3 Å². The van der Waals surface area contributed by atoms with Crippen molar-refractivity contribution in [1.82, 2.24) is 9.97 Å². The third-order valence-corrected chi connectivity index (χ3v) is 4.40. The summed E-state index contributed by atoms with van der Waals surface area (Å²) in [6, 6.07) is 13.3. The maximum absolute atomic E-state index is 13.6. The second-order valence-corrected chi connectivity index (χ2v) is 7.25. The van der Waals surface area contributed by atoms with E-state index in [2.05, 4.69) is 20.6 Å². The number of halogens is 3. The first-order valence-corrected chi connectivity index (χ1v) is 9.71. The average molecular weight is 444 g/mol. The zero-order valence-corrected chi connectivity index (χ0v) is 17.7. The minimum atomic E-state index is -4.66. The van der Waals surface area contributed by atoms with Gasteiger partial charge in [-0.25, -0.2) is 4.98 Å². The number of alkyl halides is 3. The summed E-state index contributed by atoms with van der Waals surface area (Å²) < 4.78 is 45.8. The van der Waals surface area contributed by atoms with Crippen LogP contribution < -0.4 is 15.4 Å². The zero-order chi connectivity index (χ0) is 23.3. The number of rotatable bonds is 7. The van der Waals surface area contributed by atoms with Gasteiger partial charge >= 0.3 is 6.18 Å². The van der Waals surface area contributed by atoms with Crippen LogP contribution in [0, 0.1) is 0 Å². The molecule has 1 aromatic heterocycles. The van der Waals surface area contributed by atoms with Crippen LogP contribution in [0.1, 0.15) is 31.1 Å². The summed E-state index contributed by atoms with van der Waals surface area (Å²) in [7, 11) is 1.51. The number of benzene rings is 2. The van der Waals surface area contributed by atoms with Gasteiger partial charge in [0.15, 0.2) is 0 Å². The number of aliphatic hydroxyl groups is 1. The highest BCUT2D eigenvalue weighted by Gasteiger charge is 2.35. The molecule has 0 radical (unpaired) electrons. The monoisotopic (exact) mass is 444 g/mol. The normalized spacial score (nSPS) is 12.1. The topological polar surface area (TPSA) is 79.3 Å². The van der Waals surface area contributed by atoms with Gasteiger partial charge < -0.3 is 20.5 Å². The van der Waals surface area contributed by atoms with Crippen molar-refractivity contribution in [2.24, 2.45) is 0 Å². The summed E-state index contributed by atoms with van der Waals surface area (Å²) in [5, 5.41) is 15.9. The number of hydrogen-bond acceptors (Lipinski definition) is 6. The number of nitrogens with zero attached hydrogens (tertiary/aromatic N) is 2. The van der Waals surface area contributed by atoms with Gasteiger partial charge in [-0.15, -0.1) is 0 Å². The first-order valence-electron chi connectivity index (χ1n) is 9.71. The van der Waals surface area contributed by atoms with Crippen molar-refractivity contribution in [1.29, 1.82) is 0 Å². The highest BCUT2D eigenvalue weighted by atomic mass is 19.4. The Morgan fingerprint density at radius 1 is 1.06 bits per heavy atom. The lowest BCUT2D eigenvalue weighted by atomic mass is 10.1. The van der Waals surface area contributed by atoms with Crippen LogP contribution >= 0.6 is 0 Å². The van der Waals surface area contributed by atoms with Gasteiger partial charge in [0.05, 0.1) is 13.2 Å². The first-order chi connectivity index (χ1) is 15.2. The number of anilines is 4. The van der Waals surface area contributed by atoms with Crippen LogP contribution in [-0.4, -0.2) is 22.2 Å². The van der Waals surface area contributed by atoms with E-state index in [-0.39, 0.29) is 5.95 Å². The molecule has 0 saturated heterocycles. The molecule has 2 aromatic carbocycles. The second-order valence-electron chi connectivity index (χ2n) is 7.25. The molecule has 0 aliphatic carbocycles. The van der Waals surface area contributed by atoms with Gasteiger partial charge in [0.25, 0.3) is 0 Å². The number of aliphatic hydroxyl groups excluding tert-OH is 1. The summed E-state index contributed by atoms with van der Waals surface area (Å²) >= 11 is 0. The zero-order valence-electron chi connectivity index (χ0n) is 17.7. The van der Waals surface area contributed by atoms with E-state index in [1.807, 2.05) is 13.8 Å². The Kier molecular flexibility index (Phi) is 6.99.